The van der Waals surface area contributed by atoms with Gasteiger partial charge in [-0.05, 0) is 36.8 Å². The molecule has 0 unspecified atom stereocenters. The molecule has 0 aliphatic carbocycles. The molecule has 0 saturated carbocycles. The van der Waals surface area contributed by atoms with E-state index in [0.717, 1.165) is 16.8 Å². The van der Waals surface area contributed by atoms with Gasteiger partial charge in [0.25, 0.3) is 5.91 Å². The van der Waals surface area contributed by atoms with Crippen molar-refractivity contribution in [1.82, 2.24) is 0 Å². The van der Waals surface area contributed by atoms with Crippen molar-refractivity contribution in [3.63, 3.8) is 0 Å². The number of aryl methyl sites for hydroxylation is 1. The van der Waals surface area contributed by atoms with Crippen LogP contribution in [0.15, 0.2) is 78.9 Å². The van der Waals surface area contributed by atoms with Gasteiger partial charge in [0, 0.05) is 6.07 Å². The lowest BCUT2D eigenvalue weighted by Crippen LogP contribution is -2.37. The molecule has 2 saturated heterocycles. The number of fused-ring (bicyclic) bond motifs is 1. The molecular weight excluding hydrogens is 392 g/mol. The third-order valence-corrected chi connectivity index (χ3v) is 5.86. The van der Waals surface area contributed by atoms with Crippen molar-refractivity contribution in [1.29, 1.82) is 0 Å². The van der Waals surface area contributed by atoms with Crippen molar-refractivity contribution >= 4 is 23.2 Å². The van der Waals surface area contributed by atoms with E-state index in [4.69, 9.17) is 9.57 Å². The summed E-state index contributed by atoms with van der Waals surface area (Å²) in [6.07, 6.45) is -0.884. The van der Waals surface area contributed by atoms with Gasteiger partial charge in [-0.15, -0.1) is 0 Å². The van der Waals surface area contributed by atoms with Crippen LogP contribution in [-0.4, -0.2) is 25.0 Å². The van der Waals surface area contributed by atoms with E-state index in [9.17, 15) is 9.59 Å². The summed E-state index contributed by atoms with van der Waals surface area (Å²) in [5.74, 6) is -0.704. The van der Waals surface area contributed by atoms with Gasteiger partial charge >= 0.3 is 0 Å². The molecule has 3 aromatic rings. The number of nitrogens with zero attached hydrogens (tertiary/aromatic N) is 2. The van der Waals surface area contributed by atoms with Crippen LogP contribution in [0.1, 0.15) is 17.2 Å². The van der Waals surface area contributed by atoms with Crippen LogP contribution in [0.2, 0.25) is 0 Å². The number of hydrogen-bond donors (Lipinski definition) is 0. The molecule has 6 nitrogen and oxygen atoms in total. The zero-order valence-corrected chi connectivity index (χ0v) is 17.3. The highest BCUT2D eigenvalue weighted by molar-refractivity contribution is 6.24. The van der Waals surface area contributed by atoms with E-state index < -0.39 is 18.1 Å². The molecule has 2 amide bonds. The first kappa shape index (κ1) is 19.3. The highest BCUT2D eigenvalue weighted by atomic mass is 16.7. The van der Waals surface area contributed by atoms with Gasteiger partial charge in [-0.3, -0.25) is 14.4 Å². The van der Waals surface area contributed by atoms with E-state index in [0.29, 0.717) is 11.4 Å². The minimum atomic E-state index is -0.884. The molecule has 2 heterocycles. The monoisotopic (exact) mass is 414 g/mol. The largest absolute Gasteiger partial charge is 0.497 e. The van der Waals surface area contributed by atoms with E-state index in [-0.39, 0.29) is 11.8 Å². The van der Waals surface area contributed by atoms with Crippen LogP contribution in [-0.2, 0) is 14.4 Å². The third kappa shape index (κ3) is 3.16. The molecule has 5 rings (SSSR count). The first-order valence-electron chi connectivity index (χ1n) is 10.2. The molecule has 2 fully saturated rings. The number of benzene rings is 3. The van der Waals surface area contributed by atoms with Gasteiger partial charge in [-0.2, -0.15) is 0 Å². The number of para-hydroxylation sites is 1. The number of carbonyl (C=O) groups excluding carboxylic acids is 2. The Morgan fingerprint density at radius 1 is 0.839 bits per heavy atom. The predicted octanol–water partition coefficient (Wildman–Crippen LogP) is 4.05. The van der Waals surface area contributed by atoms with Crippen LogP contribution in [0.3, 0.4) is 0 Å². The molecule has 2 aliphatic heterocycles. The molecular formula is C25H22N2O4. The van der Waals surface area contributed by atoms with Crippen molar-refractivity contribution in [2.45, 2.75) is 19.1 Å². The summed E-state index contributed by atoms with van der Waals surface area (Å²) in [5, 5.41) is 1.71. The second-order valence-corrected chi connectivity index (χ2v) is 7.78. The quantitative estimate of drug-likeness (QED) is 0.603. The van der Waals surface area contributed by atoms with E-state index in [1.165, 1.54) is 4.90 Å². The topological polar surface area (TPSA) is 59.1 Å². The van der Waals surface area contributed by atoms with Crippen LogP contribution in [0.4, 0.5) is 11.4 Å². The second-order valence-electron chi connectivity index (χ2n) is 7.78. The average molecular weight is 414 g/mol. The summed E-state index contributed by atoms with van der Waals surface area (Å²) in [7, 11) is 1.55. The predicted molar refractivity (Wildman–Crippen MR) is 117 cm³/mol. The normalized spacial score (nSPS) is 22.7. The molecule has 3 aromatic carbocycles. The molecule has 156 valence electrons. The van der Waals surface area contributed by atoms with Crippen molar-refractivity contribution in [3.8, 4) is 5.75 Å². The Labute approximate surface area is 180 Å². The zero-order chi connectivity index (χ0) is 21.5. The first-order chi connectivity index (χ1) is 15.1. The van der Waals surface area contributed by atoms with Crippen LogP contribution < -0.4 is 14.7 Å². The number of amides is 2. The van der Waals surface area contributed by atoms with Gasteiger partial charge in [0.1, 0.15) is 11.7 Å². The number of ether oxygens (including phenoxy) is 1. The third-order valence-electron chi connectivity index (χ3n) is 5.86. The molecule has 0 bridgehead atoms. The molecule has 0 radical (unpaired) electrons. The summed E-state index contributed by atoms with van der Waals surface area (Å²) in [4.78, 5) is 34.3. The standard InChI is InChI=1S/C25H22N2O4/c1-16-11-13-17(14-12-16)22-21-23(31-27(22)18-7-4-3-5-8-18)25(29)26(24(21)28)19-9-6-10-20(15-19)30-2/h3-15,21-23H,1-2H3/t21-,22+,23-/m0/s1. The highest BCUT2D eigenvalue weighted by Crippen LogP contribution is 2.47. The molecule has 3 atom stereocenters. The van der Waals surface area contributed by atoms with Gasteiger partial charge < -0.3 is 4.74 Å². The fourth-order valence-electron chi connectivity index (χ4n) is 4.32. The SMILES string of the molecule is COc1cccc(N2C(=O)[C@@H]3[C@H](ON(c4ccccc4)[C@@H]3c3ccc(C)cc3)C2=O)c1. The number of rotatable bonds is 4. The number of anilines is 2. The van der Waals surface area contributed by atoms with Crippen LogP contribution in [0, 0.1) is 12.8 Å². The summed E-state index contributed by atoms with van der Waals surface area (Å²) >= 11 is 0. The fourth-order valence-corrected chi connectivity index (χ4v) is 4.32. The van der Waals surface area contributed by atoms with E-state index in [1.54, 1.807) is 36.4 Å². The zero-order valence-electron chi connectivity index (χ0n) is 17.3. The first-order valence-corrected chi connectivity index (χ1v) is 10.2. The molecule has 0 N–H and O–H groups in total. The van der Waals surface area contributed by atoms with Crippen molar-refractivity contribution in [2.75, 3.05) is 17.1 Å². The number of imide groups is 1. The van der Waals surface area contributed by atoms with Crippen LogP contribution in [0.25, 0.3) is 0 Å². The van der Waals surface area contributed by atoms with Gasteiger partial charge in [0.05, 0.1) is 24.5 Å². The van der Waals surface area contributed by atoms with Gasteiger partial charge in [0.2, 0.25) is 5.91 Å². The smallest absolute Gasteiger partial charge is 0.266 e. The number of carbonyl (C=O) groups is 2. The van der Waals surface area contributed by atoms with Crippen LogP contribution >= 0.6 is 0 Å². The highest BCUT2D eigenvalue weighted by Gasteiger charge is 2.60. The maximum Gasteiger partial charge on any atom is 0.266 e. The van der Waals surface area contributed by atoms with Crippen LogP contribution in [0.5, 0.6) is 5.75 Å². The van der Waals surface area contributed by atoms with Crippen molar-refractivity contribution in [2.24, 2.45) is 5.92 Å². The summed E-state index contributed by atoms with van der Waals surface area (Å²) in [5.41, 5.74) is 3.34. The Kier molecular flexibility index (Phi) is 4.71. The number of hydrogen-bond acceptors (Lipinski definition) is 5. The maximum absolute atomic E-state index is 13.6. The van der Waals surface area contributed by atoms with Gasteiger partial charge in [0.15, 0.2) is 6.10 Å². The molecule has 6 heteroatoms. The van der Waals surface area contributed by atoms with E-state index in [1.807, 2.05) is 61.5 Å². The maximum atomic E-state index is 13.6. The molecule has 2 aliphatic rings. The number of methoxy groups -OCH3 is 1. The Morgan fingerprint density at radius 3 is 2.26 bits per heavy atom. The molecule has 31 heavy (non-hydrogen) atoms. The lowest BCUT2D eigenvalue weighted by atomic mass is 9.90. The summed E-state index contributed by atoms with van der Waals surface area (Å²) in [6, 6.07) is 24.1. The van der Waals surface area contributed by atoms with Gasteiger partial charge in [-0.1, -0.05) is 54.1 Å². The second kappa shape index (κ2) is 7.56. The Balaban J connectivity index is 1.57. The van der Waals surface area contributed by atoms with Crippen molar-refractivity contribution in [3.05, 3.63) is 90.0 Å². The van der Waals surface area contributed by atoms with E-state index >= 15 is 0 Å². The molecule has 0 aromatic heterocycles. The fraction of sp³-hybridized carbons (Fsp3) is 0.200. The summed E-state index contributed by atoms with van der Waals surface area (Å²) < 4.78 is 5.27. The Bertz CT molecular complexity index is 1130. The summed E-state index contributed by atoms with van der Waals surface area (Å²) in [6.45, 7) is 2.02. The average Bonchev–Trinajstić information content (AvgIpc) is 3.31. The Morgan fingerprint density at radius 2 is 1.55 bits per heavy atom. The minimum Gasteiger partial charge on any atom is -0.497 e. The lowest BCUT2D eigenvalue weighted by molar-refractivity contribution is -0.126. The van der Waals surface area contributed by atoms with Crippen molar-refractivity contribution < 1.29 is 19.2 Å². The Hall–Kier alpha value is -3.64. The lowest BCUT2D eigenvalue weighted by Gasteiger charge is -2.28. The molecule has 0 spiro atoms. The van der Waals surface area contributed by atoms with Gasteiger partial charge in [-0.25, -0.2) is 9.96 Å². The minimum absolute atomic E-state index is 0.271. The van der Waals surface area contributed by atoms with E-state index in [2.05, 4.69) is 0 Å². The number of hydroxylamine groups is 1.